The molecule has 0 aromatic carbocycles. The van der Waals surface area contributed by atoms with E-state index in [1.54, 1.807) is 0 Å². The Morgan fingerprint density at radius 2 is 1.14 bits per heavy atom. The van der Waals surface area contributed by atoms with E-state index in [0.29, 0.717) is 32.8 Å². The highest BCUT2D eigenvalue weighted by atomic mass is 16.5. The zero-order chi connectivity index (χ0) is 28.1. The van der Waals surface area contributed by atoms with Gasteiger partial charge in [-0.1, -0.05) is 0 Å². The quantitative estimate of drug-likeness (QED) is 0.0387. The van der Waals surface area contributed by atoms with E-state index < -0.39 is 68.8 Å². The Balaban J connectivity index is 4.65. The van der Waals surface area contributed by atoms with Crippen LogP contribution in [0.15, 0.2) is 0 Å². The third-order valence-corrected chi connectivity index (χ3v) is 5.27. The Hall–Kier alpha value is -1.50. The fourth-order valence-electron chi connectivity index (χ4n) is 3.11. The minimum atomic E-state index is -1.69. The van der Waals surface area contributed by atoms with Crippen LogP contribution in [0.1, 0.15) is 19.3 Å². The van der Waals surface area contributed by atoms with E-state index in [1.807, 2.05) is 0 Å². The van der Waals surface area contributed by atoms with Gasteiger partial charge in [-0.05, 0) is 12.8 Å². The Bertz CT molecular complexity index is 549. The Morgan fingerprint density at radius 1 is 0.703 bits per heavy atom. The van der Waals surface area contributed by atoms with Crippen LogP contribution in [0, 0.1) is 0 Å². The molecule has 0 aliphatic carbocycles. The summed E-state index contributed by atoms with van der Waals surface area (Å²) in [5.74, 6) is -0.607. The van der Waals surface area contributed by atoms with Gasteiger partial charge < -0.3 is 65.3 Å². The normalized spacial score (nSPS) is 16.4. The lowest BCUT2D eigenvalue weighted by Crippen LogP contribution is -2.51. The Kier molecular flexibility index (Phi) is 21.6. The fourth-order valence-corrected chi connectivity index (χ4v) is 3.11. The predicted octanol–water partition coefficient (Wildman–Crippen LogP) is -5.07. The van der Waals surface area contributed by atoms with E-state index in [9.17, 15) is 40.2 Å². The van der Waals surface area contributed by atoms with Gasteiger partial charge in [0.2, 0.25) is 12.3 Å². The molecule has 2 amide bonds. The first-order valence-electron chi connectivity index (χ1n) is 12.2. The van der Waals surface area contributed by atoms with Crippen LogP contribution in [0.2, 0.25) is 0 Å². The number of nitrogens with one attached hydrogen (secondary N) is 1. The summed E-state index contributed by atoms with van der Waals surface area (Å²) in [5, 5.41) is 80.4. The van der Waals surface area contributed by atoms with Gasteiger partial charge in [-0.3, -0.25) is 9.59 Å². The lowest BCUT2D eigenvalue weighted by Gasteiger charge is -2.32. The molecule has 0 bridgehead atoms. The van der Waals surface area contributed by atoms with E-state index >= 15 is 0 Å². The van der Waals surface area contributed by atoms with Crippen LogP contribution >= 0.6 is 0 Å². The van der Waals surface area contributed by atoms with Crippen molar-refractivity contribution >= 4 is 12.3 Å². The van der Waals surface area contributed by atoms with Gasteiger partial charge in [-0.15, -0.1) is 0 Å². The van der Waals surface area contributed by atoms with Gasteiger partial charge in [-0.25, -0.2) is 0 Å². The van der Waals surface area contributed by atoms with Crippen molar-refractivity contribution in [2.45, 2.75) is 55.9 Å². The number of carbonyl (C=O) groups is 2. The van der Waals surface area contributed by atoms with Gasteiger partial charge in [0.1, 0.15) is 12.2 Å². The number of nitrogens with zero attached hydrogens (tertiary/aromatic N) is 1. The molecule has 9 N–H and O–H groups in total. The second-order valence-corrected chi connectivity index (χ2v) is 8.23. The molecule has 0 saturated heterocycles. The molecular formula is C22H44N2O13. The third kappa shape index (κ3) is 16.9. The highest BCUT2D eigenvalue weighted by molar-refractivity contribution is 5.76. The van der Waals surface area contributed by atoms with Crippen molar-refractivity contribution in [2.24, 2.45) is 0 Å². The van der Waals surface area contributed by atoms with E-state index in [2.05, 4.69) is 5.32 Å². The molecule has 15 nitrogen and oxygen atoms in total. The van der Waals surface area contributed by atoms with Crippen molar-refractivity contribution in [3.63, 3.8) is 0 Å². The second-order valence-electron chi connectivity index (χ2n) is 8.23. The number of aliphatic hydroxyl groups excluding tert-OH is 8. The van der Waals surface area contributed by atoms with Crippen molar-refractivity contribution in [1.29, 1.82) is 0 Å². The van der Waals surface area contributed by atoms with Crippen LogP contribution in [0.4, 0.5) is 0 Å². The molecule has 6 atom stereocenters. The minimum Gasteiger partial charge on any atom is -0.396 e. The van der Waals surface area contributed by atoms with Crippen LogP contribution in [0.5, 0.6) is 0 Å². The first-order chi connectivity index (χ1) is 17.7. The number of hydrogen-bond acceptors (Lipinski definition) is 13. The van der Waals surface area contributed by atoms with E-state index in [-0.39, 0.29) is 39.1 Å². The Labute approximate surface area is 216 Å². The molecular weight excluding hydrogens is 500 g/mol. The van der Waals surface area contributed by atoms with Crippen LogP contribution in [0.25, 0.3) is 0 Å². The largest absolute Gasteiger partial charge is 0.396 e. The summed E-state index contributed by atoms with van der Waals surface area (Å²) < 4.78 is 15.8. The fraction of sp³-hybridized carbons (Fsp3) is 0.909. The first kappa shape index (κ1) is 35.5. The molecule has 220 valence electrons. The molecule has 0 radical (unpaired) electrons. The van der Waals surface area contributed by atoms with Crippen molar-refractivity contribution in [1.82, 2.24) is 10.2 Å². The summed E-state index contributed by atoms with van der Waals surface area (Å²) in [4.78, 5) is 23.7. The topological polar surface area (TPSA) is 239 Å². The highest BCUT2D eigenvalue weighted by Crippen LogP contribution is 2.11. The molecule has 0 aliphatic rings. The maximum atomic E-state index is 12.7. The monoisotopic (exact) mass is 544 g/mol. The standard InChI is InChI=1S/C22H44N2O13/c25-5-1-16(28)21(33)18(30)13-24(14-19(31)22(34)17(29)2-6-26)20(32)3-7-35-9-11-37-12-10-36-8-4-23-15-27/h15-19,21-22,25-26,28-31,33-34H,1-14H2,(H,23,27). The molecule has 0 rings (SSSR count). The average Bonchev–Trinajstić information content (AvgIpc) is 2.87. The molecule has 0 spiro atoms. The summed E-state index contributed by atoms with van der Waals surface area (Å²) in [6, 6.07) is 0. The highest BCUT2D eigenvalue weighted by Gasteiger charge is 2.31. The molecule has 0 aromatic rings. The summed E-state index contributed by atoms with van der Waals surface area (Å²) in [7, 11) is 0. The average molecular weight is 545 g/mol. The molecule has 15 heteroatoms. The van der Waals surface area contributed by atoms with Gasteiger partial charge in [0.25, 0.3) is 0 Å². The van der Waals surface area contributed by atoms with Gasteiger partial charge >= 0.3 is 0 Å². The molecule has 0 fully saturated rings. The molecule has 0 aliphatic heterocycles. The summed E-state index contributed by atoms with van der Waals surface area (Å²) >= 11 is 0. The van der Waals surface area contributed by atoms with Gasteiger partial charge in [0, 0.05) is 32.8 Å². The maximum absolute atomic E-state index is 12.7. The smallest absolute Gasteiger partial charge is 0.225 e. The molecule has 0 saturated carbocycles. The van der Waals surface area contributed by atoms with Crippen molar-refractivity contribution in [3.8, 4) is 0 Å². The van der Waals surface area contributed by atoms with E-state index in [4.69, 9.17) is 24.4 Å². The van der Waals surface area contributed by atoms with Crippen molar-refractivity contribution in [3.05, 3.63) is 0 Å². The van der Waals surface area contributed by atoms with E-state index in [1.165, 1.54) is 0 Å². The number of carbonyl (C=O) groups excluding carboxylic acids is 2. The number of ether oxygens (including phenoxy) is 3. The molecule has 37 heavy (non-hydrogen) atoms. The van der Waals surface area contributed by atoms with Gasteiger partial charge in [0.15, 0.2) is 0 Å². The minimum absolute atomic E-state index is 0.0376. The predicted molar refractivity (Wildman–Crippen MR) is 127 cm³/mol. The van der Waals surface area contributed by atoms with Gasteiger partial charge in [-0.2, -0.15) is 0 Å². The van der Waals surface area contributed by atoms with Crippen molar-refractivity contribution < 1.29 is 64.7 Å². The summed E-state index contributed by atoms with van der Waals surface area (Å²) in [5.41, 5.74) is 0. The van der Waals surface area contributed by atoms with E-state index in [0.717, 1.165) is 4.90 Å². The molecule has 0 aromatic heterocycles. The zero-order valence-corrected chi connectivity index (χ0v) is 21.0. The van der Waals surface area contributed by atoms with Crippen LogP contribution in [0.3, 0.4) is 0 Å². The zero-order valence-electron chi connectivity index (χ0n) is 21.0. The van der Waals surface area contributed by atoms with Gasteiger partial charge in [0.05, 0.1) is 70.5 Å². The SMILES string of the molecule is O=CNCCOCCOCCOCCC(=O)N(CC(O)C(O)C(O)CCO)CC(O)C(O)C(O)CCO. The molecule has 6 unspecified atom stereocenters. The van der Waals surface area contributed by atoms with Crippen LogP contribution < -0.4 is 5.32 Å². The number of aliphatic hydroxyl groups is 8. The van der Waals surface area contributed by atoms with Crippen LogP contribution in [-0.4, -0.2) is 167 Å². The number of hydrogen-bond donors (Lipinski definition) is 9. The number of amides is 2. The summed E-state index contributed by atoms with van der Waals surface area (Å²) in [6.45, 7) is -0.156. The molecule has 0 heterocycles. The lowest BCUT2D eigenvalue weighted by atomic mass is 10.0. The Morgan fingerprint density at radius 3 is 1.57 bits per heavy atom. The third-order valence-electron chi connectivity index (χ3n) is 5.27. The summed E-state index contributed by atoms with van der Waals surface area (Å²) in [6.07, 6.45) is -9.60. The van der Waals surface area contributed by atoms with Crippen molar-refractivity contribution in [2.75, 3.05) is 72.5 Å². The van der Waals surface area contributed by atoms with Crippen LogP contribution in [-0.2, 0) is 23.8 Å². The number of rotatable bonds is 25. The maximum Gasteiger partial charge on any atom is 0.225 e. The lowest BCUT2D eigenvalue weighted by molar-refractivity contribution is -0.142. The first-order valence-corrected chi connectivity index (χ1v) is 12.2. The second kappa shape index (κ2) is 22.5.